The number of nitrogens with one attached hydrogen (secondary N) is 1. The Labute approximate surface area is 179 Å². The molecule has 0 radical (unpaired) electrons. The summed E-state index contributed by atoms with van der Waals surface area (Å²) in [5.41, 5.74) is 3.67. The van der Waals surface area contributed by atoms with Gasteiger partial charge in [0.2, 0.25) is 0 Å². The van der Waals surface area contributed by atoms with Gasteiger partial charge in [-0.3, -0.25) is 9.19 Å². The van der Waals surface area contributed by atoms with Crippen molar-refractivity contribution in [2.24, 2.45) is 0 Å². The maximum Gasteiger partial charge on any atom is 0.180 e. The van der Waals surface area contributed by atoms with Crippen molar-refractivity contribution < 1.29 is 8.95 Å². The predicted octanol–water partition coefficient (Wildman–Crippen LogP) is 4.27. The van der Waals surface area contributed by atoms with Crippen LogP contribution in [0.5, 0.6) is 0 Å². The molecule has 1 N–H and O–H groups in total. The van der Waals surface area contributed by atoms with Crippen molar-refractivity contribution in [3.8, 4) is 11.5 Å². The second-order valence-corrected chi connectivity index (χ2v) is 9.02. The maximum absolute atomic E-state index is 12.7. The number of rotatable bonds is 7. The van der Waals surface area contributed by atoms with Crippen LogP contribution in [0.15, 0.2) is 54.7 Å². The molecule has 3 aromatic rings. The zero-order chi connectivity index (χ0) is 20.8. The van der Waals surface area contributed by atoms with E-state index in [0.717, 1.165) is 47.7 Å². The summed E-state index contributed by atoms with van der Waals surface area (Å²) < 4.78 is 18.1. The van der Waals surface area contributed by atoms with Crippen LogP contribution in [0.4, 0.5) is 11.5 Å². The highest BCUT2D eigenvalue weighted by Gasteiger charge is 2.20. The largest absolute Gasteiger partial charge is 0.381 e. The molecule has 3 heterocycles. The van der Waals surface area contributed by atoms with Crippen molar-refractivity contribution in [2.75, 3.05) is 18.5 Å². The number of nitrogens with zero attached hydrogens (tertiary/aromatic N) is 3. The van der Waals surface area contributed by atoms with Gasteiger partial charge in [-0.05, 0) is 49.1 Å². The van der Waals surface area contributed by atoms with Gasteiger partial charge in [-0.25, -0.2) is 9.97 Å². The first-order chi connectivity index (χ1) is 14.7. The van der Waals surface area contributed by atoms with Crippen molar-refractivity contribution >= 4 is 22.3 Å². The topological polar surface area (TPSA) is 77.0 Å². The van der Waals surface area contributed by atoms with E-state index < -0.39 is 10.8 Å². The van der Waals surface area contributed by atoms with E-state index in [1.165, 1.54) is 0 Å². The monoisotopic (exact) mass is 422 g/mol. The van der Waals surface area contributed by atoms with Crippen molar-refractivity contribution in [3.63, 3.8) is 0 Å². The Bertz CT molecular complexity index is 1010. The first kappa shape index (κ1) is 20.6. The fourth-order valence-electron chi connectivity index (χ4n) is 3.46. The van der Waals surface area contributed by atoms with Crippen LogP contribution in [0, 0.1) is 0 Å². The molecule has 156 valence electrons. The van der Waals surface area contributed by atoms with Gasteiger partial charge in [0.05, 0.1) is 0 Å². The lowest BCUT2D eigenvalue weighted by Crippen LogP contribution is -2.25. The zero-order valence-corrected chi connectivity index (χ0v) is 17.9. The lowest BCUT2D eigenvalue weighted by atomic mass is 10.2. The number of hydrogen-bond acceptors (Lipinski definition) is 6. The number of ether oxygens (including phenoxy) is 1. The molecule has 1 unspecified atom stereocenters. The van der Waals surface area contributed by atoms with Crippen LogP contribution in [-0.4, -0.2) is 37.6 Å². The van der Waals surface area contributed by atoms with Crippen molar-refractivity contribution in [3.05, 3.63) is 66.0 Å². The molecule has 0 saturated carbocycles. The molecule has 1 saturated heterocycles. The van der Waals surface area contributed by atoms with Gasteiger partial charge in [-0.2, -0.15) is 0 Å². The van der Waals surface area contributed by atoms with E-state index in [1.807, 2.05) is 48.5 Å². The standard InChI is InChI=1S/C23H26N4O2S/c1-2-18-15-22(27-23(26-18)21-8-3-4-11-24-21)25-19-7-5-6-17(14-19)16-30(28)20-9-12-29-13-10-20/h3-8,11,14-15,20H,2,9-10,12-13,16H2,1H3,(H,25,26,27). The van der Waals surface area contributed by atoms with Crippen LogP contribution < -0.4 is 5.32 Å². The van der Waals surface area contributed by atoms with E-state index in [0.29, 0.717) is 24.8 Å². The summed E-state index contributed by atoms with van der Waals surface area (Å²) in [5, 5.41) is 3.61. The molecule has 7 heteroatoms. The third-order valence-electron chi connectivity index (χ3n) is 5.08. The van der Waals surface area contributed by atoms with Crippen LogP contribution in [0.2, 0.25) is 0 Å². The maximum atomic E-state index is 12.7. The summed E-state index contributed by atoms with van der Waals surface area (Å²) in [6.07, 6.45) is 4.30. The van der Waals surface area contributed by atoms with Gasteiger partial charge in [0.25, 0.3) is 0 Å². The van der Waals surface area contributed by atoms with Crippen LogP contribution in [0.25, 0.3) is 11.5 Å². The number of hydrogen-bond donors (Lipinski definition) is 1. The number of pyridine rings is 1. The van der Waals surface area contributed by atoms with Gasteiger partial charge in [0.1, 0.15) is 11.5 Å². The highest BCUT2D eigenvalue weighted by Crippen LogP contribution is 2.22. The molecule has 1 fully saturated rings. The molecule has 0 amide bonds. The van der Waals surface area contributed by atoms with Gasteiger partial charge in [-0.15, -0.1) is 0 Å². The Morgan fingerprint density at radius 1 is 1.10 bits per heavy atom. The summed E-state index contributed by atoms with van der Waals surface area (Å²) in [6.45, 7) is 3.49. The van der Waals surface area contributed by atoms with Crippen molar-refractivity contribution in [2.45, 2.75) is 37.2 Å². The summed E-state index contributed by atoms with van der Waals surface area (Å²) in [6, 6.07) is 15.7. The van der Waals surface area contributed by atoms with E-state index >= 15 is 0 Å². The summed E-state index contributed by atoms with van der Waals surface area (Å²) in [5.74, 6) is 1.89. The summed E-state index contributed by atoms with van der Waals surface area (Å²) in [7, 11) is -0.888. The molecule has 0 spiro atoms. The van der Waals surface area contributed by atoms with Gasteiger partial charge >= 0.3 is 0 Å². The van der Waals surface area contributed by atoms with E-state index in [9.17, 15) is 4.21 Å². The molecule has 4 rings (SSSR count). The number of aromatic nitrogens is 3. The minimum atomic E-state index is -0.888. The normalized spacial score (nSPS) is 15.6. The van der Waals surface area contributed by atoms with Crippen molar-refractivity contribution in [1.82, 2.24) is 15.0 Å². The lowest BCUT2D eigenvalue weighted by Gasteiger charge is -2.21. The van der Waals surface area contributed by atoms with Gasteiger partial charge in [0, 0.05) is 58.7 Å². The molecule has 30 heavy (non-hydrogen) atoms. The quantitative estimate of drug-likeness (QED) is 0.613. The molecule has 0 bridgehead atoms. The van der Waals surface area contributed by atoms with Crippen LogP contribution >= 0.6 is 0 Å². The predicted molar refractivity (Wildman–Crippen MR) is 120 cm³/mol. The Kier molecular flexibility index (Phi) is 6.81. The SMILES string of the molecule is CCc1cc(Nc2cccc(CS(=O)C3CCOCC3)c2)nc(-c2ccccn2)n1. The first-order valence-corrected chi connectivity index (χ1v) is 11.7. The average Bonchev–Trinajstić information content (AvgIpc) is 2.80. The van der Waals surface area contributed by atoms with Gasteiger partial charge in [0.15, 0.2) is 5.82 Å². The summed E-state index contributed by atoms with van der Waals surface area (Å²) >= 11 is 0. The molecule has 1 aliphatic heterocycles. The second-order valence-electron chi connectivity index (χ2n) is 7.30. The molecule has 0 aliphatic carbocycles. The number of anilines is 2. The lowest BCUT2D eigenvalue weighted by molar-refractivity contribution is 0.0992. The zero-order valence-electron chi connectivity index (χ0n) is 17.1. The molecule has 2 aromatic heterocycles. The average molecular weight is 423 g/mol. The molecular formula is C23H26N4O2S. The van der Waals surface area contributed by atoms with E-state index in [4.69, 9.17) is 4.74 Å². The van der Waals surface area contributed by atoms with Crippen LogP contribution in [0.3, 0.4) is 0 Å². The Morgan fingerprint density at radius 2 is 1.97 bits per heavy atom. The minimum absolute atomic E-state index is 0.227. The first-order valence-electron chi connectivity index (χ1n) is 10.3. The van der Waals surface area contributed by atoms with E-state index in [1.54, 1.807) is 6.20 Å². The Balaban J connectivity index is 1.51. The molecule has 1 atom stereocenters. The highest BCUT2D eigenvalue weighted by atomic mass is 32.2. The smallest absolute Gasteiger partial charge is 0.180 e. The molecule has 1 aliphatic rings. The molecule has 1 aromatic carbocycles. The Hall–Kier alpha value is -2.64. The number of benzene rings is 1. The van der Waals surface area contributed by atoms with Gasteiger partial charge < -0.3 is 10.1 Å². The van der Waals surface area contributed by atoms with Crippen LogP contribution in [-0.2, 0) is 27.7 Å². The second kappa shape index (κ2) is 9.91. The third kappa shape index (κ3) is 5.29. The molecular weight excluding hydrogens is 396 g/mol. The minimum Gasteiger partial charge on any atom is -0.381 e. The Morgan fingerprint density at radius 3 is 2.73 bits per heavy atom. The van der Waals surface area contributed by atoms with E-state index in [2.05, 4.69) is 27.2 Å². The van der Waals surface area contributed by atoms with Crippen molar-refractivity contribution in [1.29, 1.82) is 0 Å². The highest BCUT2D eigenvalue weighted by molar-refractivity contribution is 7.84. The fourth-order valence-corrected chi connectivity index (χ4v) is 4.92. The summed E-state index contributed by atoms with van der Waals surface area (Å²) in [4.78, 5) is 13.6. The molecule has 6 nitrogen and oxygen atoms in total. The number of aryl methyl sites for hydroxylation is 1. The van der Waals surface area contributed by atoms with Gasteiger partial charge in [-0.1, -0.05) is 25.1 Å². The third-order valence-corrected chi connectivity index (χ3v) is 6.92. The van der Waals surface area contributed by atoms with E-state index in [-0.39, 0.29) is 5.25 Å². The van der Waals surface area contributed by atoms with Crippen LogP contribution in [0.1, 0.15) is 31.0 Å². The fraction of sp³-hybridized carbons (Fsp3) is 0.348.